The van der Waals surface area contributed by atoms with Gasteiger partial charge >= 0.3 is 0 Å². The number of fused-ring (bicyclic) bond motifs is 1. The van der Waals surface area contributed by atoms with Gasteiger partial charge in [0.2, 0.25) is 0 Å². The highest BCUT2D eigenvalue weighted by Crippen LogP contribution is 2.40. The zero-order chi connectivity index (χ0) is 29.1. The second-order valence-corrected chi connectivity index (χ2v) is 12.4. The third kappa shape index (κ3) is 6.86. The SMILES string of the molecule is COc1ccc(CCn2nnc3cc(NC(=N[C@H]4CCC(C)(C)C[C@@H]4C)N4CCN[C@H](C)C4)ccc3c2=O)c(F)c1. The number of hydrogen-bond donors (Lipinski definition) is 2. The Kier molecular flexibility index (Phi) is 8.58. The molecule has 3 atom stereocenters. The van der Waals surface area contributed by atoms with Crippen molar-refractivity contribution >= 4 is 22.5 Å². The molecule has 9 nitrogen and oxygen atoms in total. The second kappa shape index (κ2) is 12.1. The molecular weight excluding hydrogens is 521 g/mol. The fourth-order valence-electron chi connectivity index (χ4n) is 6.11. The summed E-state index contributed by atoms with van der Waals surface area (Å²) < 4.78 is 20.7. The van der Waals surface area contributed by atoms with Crippen molar-refractivity contribution in [1.29, 1.82) is 0 Å². The van der Waals surface area contributed by atoms with E-state index in [0.717, 1.165) is 44.1 Å². The predicted molar refractivity (Wildman–Crippen MR) is 161 cm³/mol. The Balaban J connectivity index is 1.36. The summed E-state index contributed by atoms with van der Waals surface area (Å²) in [5, 5.41) is 16.0. The van der Waals surface area contributed by atoms with Crippen molar-refractivity contribution in [2.75, 3.05) is 32.1 Å². The summed E-state index contributed by atoms with van der Waals surface area (Å²) >= 11 is 0. The maximum atomic E-state index is 14.4. The van der Waals surface area contributed by atoms with E-state index in [4.69, 9.17) is 9.73 Å². The standard InChI is InChI=1S/C31H42FN7O2/c1-20-18-31(3,4)12-10-27(20)35-30(38-15-13-33-21(2)19-38)34-23-7-9-25-28(16-23)36-37-39(29(25)40)14-11-22-6-8-24(41-5)17-26(22)32/h6-9,16-17,20-21,27,33H,10-15,18-19H2,1-5H3,(H,34,35)/t20-,21+,27-/m0/s1. The van der Waals surface area contributed by atoms with Gasteiger partial charge in [0.15, 0.2) is 5.96 Å². The van der Waals surface area contributed by atoms with Gasteiger partial charge in [0.05, 0.1) is 25.1 Å². The van der Waals surface area contributed by atoms with Crippen LogP contribution in [0.15, 0.2) is 46.2 Å². The van der Waals surface area contributed by atoms with Crippen LogP contribution in [0.2, 0.25) is 0 Å². The average Bonchev–Trinajstić information content (AvgIpc) is 2.94. The number of piperazine rings is 1. The molecule has 1 saturated heterocycles. The van der Waals surface area contributed by atoms with Crippen LogP contribution in [0, 0.1) is 17.2 Å². The minimum absolute atomic E-state index is 0.222. The van der Waals surface area contributed by atoms with Gasteiger partial charge < -0.3 is 20.3 Å². The smallest absolute Gasteiger partial charge is 0.277 e. The number of anilines is 1. The van der Waals surface area contributed by atoms with E-state index in [-0.39, 0.29) is 24.0 Å². The number of aliphatic imine (C=N–C) groups is 1. The number of methoxy groups -OCH3 is 1. The number of halogens is 1. The number of nitrogens with one attached hydrogen (secondary N) is 2. The molecule has 220 valence electrons. The molecule has 2 fully saturated rings. The Labute approximate surface area is 241 Å². The molecule has 41 heavy (non-hydrogen) atoms. The molecule has 2 aliphatic rings. The molecule has 0 amide bonds. The van der Waals surface area contributed by atoms with Crippen molar-refractivity contribution in [1.82, 2.24) is 25.2 Å². The van der Waals surface area contributed by atoms with Crippen LogP contribution in [-0.4, -0.2) is 64.7 Å². The van der Waals surface area contributed by atoms with Crippen LogP contribution in [0.5, 0.6) is 5.75 Å². The molecule has 1 saturated carbocycles. The molecule has 10 heteroatoms. The number of hydrogen-bond acceptors (Lipinski definition) is 6. The Morgan fingerprint density at radius 3 is 2.80 bits per heavy atom. The molecule has 1 aliphatic heterocycles. The third-order valence-electron chi connectivity index (χ3n) is 8.44. The lowest BCUT2D eigenvalue weighted by Gasteiger charge is -2.39. The van der Waals surface area contributed by atoms with Crippen LogP contribution in [0.4, 0.5) is 10.1 Å². The van der Waals surface area contributed by atoms with Gasteiger partial charge in [-0.2, -0.15) is 0 Å². The number of nitrogens with zero attached hydrogens (tertiary/aromatic N) is 5. The number of guanidine groups is 1. The molecule has 2 aromatic carbocycles. The first kappa shape index (κ1) is 29.0. The summed E-state index contributed by atoms with van der Waals surface area (Å²) in [6.07, 6.45) is 3.72. The first-order valence-electron chi connectivity index (χ1n) is 14.6. The van der Waals surface area contributed by atoms with Crippen molar-refractivity contribution in [3.8, 4) is 5.75 Å². The quantitative estimate of drug-likeness (QED) is 0.338. The van der Waals surface area contributed by atoms with E-state index in [9.17, 15) is 9.18 Å². The molecule has 2 heterocycles. The third-order valence-corrected chi connectivity index (χ3v) is 8.44. The van der Waals surface area contributed by atoms with Crippen molar-refractivity contribution < 1.29 is 9.13 Å². The molecule has 1 aliphatic carbocycles. The topological polar surface area (TPSA) is 96.7 Å². The Morgan fingerprint density at radius 1 is 1.24 bits per heavy atom. The molecule has 0 unspecified atom stereocenters. The highest BCUT2D eigenvalue weighted by Gasteiger charge is 2.33. The second-order valence-electron chi connectivity index (χ2n) is 12.4. The van der Waals surface area contributed by atoms with Gasteiger partial charge in [-0.1, -0.05) is 32.1 Å². The summed E-state index contributed by atoms with van der Waals surface area (Å²) in [5.41, 5.74) is 1.92. The van der Waals surface area contributed by atoms with Gasteiger partial charge in [0.1, 0.15) is 17.1 Å². The van der Waals surface area contributed by atoms with Crippen LogP contribution in [0.3, 0.4) is 0 Å². The van der Waals surface area contributed by atoms with E-state index in [1.165, 1.54) is 24.3 Å². The monoisotopic (exact) mass is 563 g/mol. The maximum Gasteiger partial charge on any atom is 0.277 e. The molecule has 1 aromatic heterocycles. The predicted octanol–water partition coefficient (Wildman–Crippen LogP) is 4.46. The minimum atomic E-state index is -0.371. The molecule has 3 aromatic rings. The Hall–Kier alpha value is -3.53. The summed E-state index contributed by atoms with van der Waals surface area (Å²) in [7, 11) is 1.50. The number of rotatable bonds is 6. The average molecular weight is 564 g/mol. The summed E-state index contributed by atoms with van der Waals surface area (Å²) in [5.74, 6) is 1.46. The molecular formula is C31H42FN7O2. The van der Waals surface area contributed by atoms with Gasteiger partial charge in [-0.3, -0.25) is 4.79 Å². The van der Waals surface area contributed by atoms with Gasteiger partial charge in [-0.25, -0.2) is 14.1 Å². The van der Waals surface area contributed by atoms with Gasteiger partial charge in [0, 0.05) is 37.4 Å². The van der Waals surface area contributed by atoms with Crippen LogP contribution in [-0.2, 0) is 13.0 Å². The van der Waals surface area contributed by atoms with E-state index in [1.807, 2.05) is 12.1 Å². The number of ether oxygens (including phenoxy) is 1. The summed E-state index contributed by atoms with van der Waals surface area (Å²) in [4.78, 5) is 20.8. The molecule has 0 radical (unpaired) electrons. The molecule has 0 bridgehead atoms. The fourth-order valence-corrected chi connectivity index (χ4v) is 6.11. The minimum Gasteiger partial charge on any atom is -0.497 e. The van der Waals surface area contributed by atoms with E-state index < -0.39 is 0 Å². The largest absolute Gasteiger partial charge is 0.497 e. The van der Waals surface area contributed by atoms with E-state index in [2.05, 4.69) is 53.5 Å². The first-order chi connectivity index (χ1) is 19.6. The van der Waals surface area contributed by atoms with Crippen LogP contribution < -0.4 is 20.9 Å². The zero-order valence-corrected chi connectivity index (χ0v) is 24.8. The number of benzene rings is 2. The first-order valence-corrected chi connectivity index (χ1v) is 14.6. The maximum absolute atomic E-state index is 14.4. The highest BCUT2D eigenvalue weighted by molar-refractivity contribution is 5.95. The zero-order valence-electron chi connectivity index (χ0n) is 24.8. The normalized spacial score (nSPS) is 23.0. The van der Waals surface area contributed by atoms with Gasteiger partial charge in [-0.15, -0.1) is 5.10 Å². The molecule has 5 rings (SSSR count). The van der Waals surface area contributed by atoms with E-state index >= 15 is 0 Å². The van der Waals surface area contributed by atoms with E-state index in [0.29, 0.717) is 46.0 Å². The van der Waals surface area contributed by atoms with Crippen molar-refractivity contribution in [3.05, 3.63) is 58.1 Å². The van der Waals surface area contributed by atoms with Gasteiger partial charge in [0.25, 0.3) is 5.56 Å². The number of aryl methyl sites for hydroxylation is 2. The van der Waals surface area contributed by atoms with Crippen LogP contribution >= 0.6 is 0 Å². The van der Waals surface area contributed by atoms with Crippen molar-refractivity contribution in [2.45, 2.75) is 72.0 Å². The van der Waals surface area contributed by atoms with Crippen LogP contribution in [0.25, 0.3) is 10.9 Å². The fraction of sp³-hybridized carbons (Fsp3) is 0.548. The summed E-state index contributed by atoms with van der Waals surface area (Å²) in [6, 6.07) is 10.9. The van der Waals surface area contributed by atoms with Crippen LogP contribution in [0.1, 0.15) is 52.5 Å². The molecule has 0 spiro atoms. The lowest BCUT2D eigenvalue weighted by molar-refractivity contribution is 0.168. The van der Waals surface area contributed by atoms with Crippen molar-refractivity contribution in [2.24, 2.45) is 16.3 Å². The van der Waals surface area contributed by atoms with Gasteiger partial charge in [-0.05, 0) is 73.8 Å². The summed E-state index contributed by atoms with van der Waals surface area (Å²) in [6.45, 7) is 12.1. The highest BCUT2D eigenvalue weighted by atomic mass is 19.1. The Bertz CT molecular complexity index is 1470. The Morgan fingerprint density at radius 2 is 2.07 bits per heavy atom. The van der Waals surface area contributed by atoms with E-state index in [1.54, 1.807) is 18.2 Å². The molecule has 2 N–H and O–H groups in total. The number of aromatic nitrogens is 3. The lowest BCUT2D eigenvalue weighted by Crippen LogP contribution is -2.53. The van der Waals surface area contributed by atoms with Crippen molar-refractivity contribution in [3.63, 3.8) is 0 Å². The lowest BCUT2D eigenvalue weighted by atomic mass is 9.71.